The zero-order chi connectivity index (χ0) is 21.6. The molecule has 9 heteroatoms. The topological polar surface area (TPSA) is 46.4 Å². The third-order valence-corrected chi connectivity index (χ3v) is 4.08. The zero-order valence-electron chi connectivity index (χ0n) is 15.9. The van der Waals surface area contributed by atoms with Gasteiger partial charge in [0, 0.05) is 18.2 Å². The number of aromatic nitrogens is 2. The first-order valence-electron chi connectivity index (χ1n) is 8.70. The molecule has 0 aliphatic carbocycles. The molecule has 4 nitrogen and oxygen atoms in total. The first-order chi connectivity index (χ1) is 13.3. The van der Waals surface area contributed by atoms with E-state index in [9.17, 15) is 26.7 Å². The molecule has 0 saturated heterocycles. The van der Waals surface area contributed by atoms with E-state index in [1.54, 1.807) is 0 Å². The van der Waals surface area contributed by atoms with Crippen LogP contribution in [0.5, 0.6) is 0 Å². The third-order valence-electron chi connectivity index (χ3n) is 4.08. The summed E-state index contributed by atoms with van der Waals surface area (Å²) in [5.41, 5.74) is -1.41. The minimum atomic E-state index is -4.85. The van der Waals surface area contributed by atoms with E-state index in [1.807, 2.05) is 20.8 Å². The van der Waals surface area contributed by atoms with Crippen molar-refractivity contribution in [3.63, 3.8) is 0 Å². The van der Waals surface area contributed by atoms with Gasteiger partial charge >= 0.3 is 6.18 Å². The van der Waals surface area contributed by atoms with Crippen molar-refractivity contribution in [2.24, 2.45) is 5.41 Å². The van der Waals surface area contributed by atoms with Crippen LogP contribution in [0.3, 0.4) is 0 Å². The number of amides is 1. The van der Waals surface area contributed by atoms with Crippen molar-refractivity contribution in [2.75, 3.05) is 5.32 Å². The molecule has 2 heterocycles. The lowest BCUT2D eigenvalue weighted by Gasteiger charge is -2.17. The minimum Gasteiger partial charge on any atom is -0.309 e. The van der Waals surface area contributed by atoms with Crippen molar-refractivity contribution in [1.82, 2.24) is 9.38 Å². The summed E-state index contributed by atoms with van der Waals surface area (Å²) in [6.07, 6.45) is -3.64. The summed E-state index contributed by atoms with van der Waals surface area (Å²) >= 11 is 0. The normalized spacial score (nSPS) is 12.4. The van der Waals surface area contributed by atoms with Crippen LogP contribution >= 0.6 is 0 Å². The Morgan fingerprint density at radius 3 is 2.38 bits per heavy atom. The molecule has 0 radical (unpaired) electrons. The Bertz CT molecular complexity index is 1080. The van der Waals surface area contributed by atoms with Crippen LogP contribution in [0.4, 0.5) is 27.8 Å². The second-order valence-electron chi connectivity index (χ2n) is 7.86. The number of imidazole rings is 1. The van der Waals surface area contributed by atoms with E-state index in [0.29, 0.717) is 12.1 Å². The Morgan fingerprint density at radius 1 is 1.10 bits per heavy atom. The molecule has 0 atom stereocenters. The summed E-state index contributed by atoms with van der Waals surface area (Å²) in [6.45, 7) is 5.58. The first-order valence-corrected chi connectivity index (χ1v) is 8.70. The monoisotopic (exact) mass is 411 g/mol. The van der Waals surface area contributed by atoms with Crippen LogP contribution in [0.2, 0.25) is 0 Å². The SMILES string of the molecule is CC(C)(C)CC(=O)Nc1nc2ccc(F)cn2c1-c1ccc(C(F)(F)F)c(F)c1. The van der Waals surface area contributed by atoms with Gasteiger partial charge in [0.2, 0.25) is 5.91 Å². The number of hydrogen-bond donors (Lipinski definition) is 1. The summed E-state index contributed by atoms with van der Waals surface area (Å²) < 4.78 is 67.8. The fourth-order valence-corrected chi connectivity index (χ4v) is 2.93. The van der Waals surface area contributed by atoms with Gasteiger partial charge in [0.05, 0.1) is 11.3 Å². The smallest absolute Gasteiger partial charge is 0.309 e. The van der Waals surface area contributed by atoms with Gasteiger partial charge in [0.1, 0.15) is 17.3 Å². The Hall–Kier alpha value is -2.97. The van der Waals surface area contributed by atoms with E-state index >= 15 is 0 Å². The highest BCUT2D eigenvalue weighted by Gasteiger charge is 2.34. The van der Waals surface area contributed by atoms with E-state index in [4.69, 9.17) is 0 Å². The maximum absolute atomic E-state index is 14.1. The molecule has 0 aliphatic rings. The number of alkyl halides is 3. The molecule has 0 saturated carbocycles. The number of pyridine rings is 1. The molecular formula is C20H18F5N3O. The second kappa shape index (κ2) is 7.13. The van der Waals surface area contributed by atoms with Gasteiger partial charge in [0.15, 0.2) is 5.82 Å². The molecule has 3 aromatic rings. The molecule has 29 heavy (non-hydrogen) atoms. The molecule has 154 valence electrons. The van der Waals surface area contributed by atoms with Gasteiger partial charge in [-0.15, -0.1) is 0 Å². The number of hydrogen-bond acceptors (Lipinski definition) is 2. The Morgan fingerprint density at radius 2 is 1.79 bits per heavy atom. The molecule has 0 bridgehead atoms. The number of halogens is 5. The highest BCUT2D eigenvalue weighted by molar-refractivity contribution is 5.94. The van der Waals surface area contributed by atoms with Crippen molar-refractivity contribution in [3.05, 3.63) is 53.7 Å². The van der Waals surface area contributed by atoms with Crippen LogP contribution < -0.4 is 5.32 Å². The van der Waals surface area contributed by atoms with E-state index in [1.165, 1.54) is 10.5 Å². The van der Waals surface area contributed by atoms with Gasteiger partial charge in [0.25, 0.3) is 0 Å². The predicted molar refractivity (Wildman–Crippen MR) is 98.2 cm³/mol. The van der Waals surface area contributed by atoms with Crippen molar-refractivity contribution in [3.8, 4) is 11.3 Å². The molecule has 1 aromatic carbocycles. The molecular weight excluding hydrogens is 393 g/mol. The fraction of sp³-hybridized carbons (Fsp3) is 0.300. The molecule has 0 fully saturated rings. The predicted octanol–water partition coefficient (Wildman–Crippen LogP) is 5.67. The highest BCUT2D eigenvalue weighted by atomic mass is 19.4. The van der Waals surface area contributed by atoms with Gasteiger partial charge in [-0.2, -0.15) is 13.2 Å². The Labute approximate surface area is 163 Å². The second-order valence-corrected chi connectivity index (χ2v) is 7.86. The van der Waals surface area contributed by atoms with Crippen molar-refractivity contribution in [1.29, 1.82) is 0 Å². The summed E-state index contributed by atoms with van der Waals surface area (Å²) in [6, 6.07) is 4.85. The van der Waals surface area contributed by atoms with Crippen molar-refractivity contribution < 1.29 is 26.7 Å². The number of nitrogens with one attached hydrogen (secondary N) is 1. The molecule has 0 unspecified atom stereocenters. The van der Waals surface area contributed by atoms with Crippen LogP contribution in [-0.2, 0) is 11.0 Å². The number of nitrogens with zero attached hydrogens (tertiary/aromatic N) is 2. The summed E-state index contributed by atoms with van der Waals surface area (Å²) in [4.78, 5) is 16.6. The average molecular weight is 411 g/mol. The summed E-state index contributed by atoms with van der Waals surface area (Å²) in [5, 5.41) is 2.60. The van der Waals surface area contributed by atoms with Gasteiger partial charge in [-0.3, -0.25) is 9.20 Å². The third kappa shape index (κ3) is 4.55. The first kappa shape index (κ1) is 20.8. The van der Waals surface area contributed by atoms with Gasteiger partial charge in [-0.05, 0) is 29.7 Å². The van der Waals surface area contributed by atoms with E-state index in [0.717, 1.165) is 18.3 Å². The van der Waals surface area contributed by atoms with Crippen molar-refractivity contribution >= 4 is 17.4 Å². The van der Waals surface area contributed by atoms with E-state index in [2.05, 4.69) is 10.3 Å². The van der Waals surface area contributed by atoms with Gasteiger partial charge in [-0.1, -0.05) is 26.8 Å². The maximum Gasteiger partial charge on any atom is 0.419 e. The molecule has 0 spiro atoms. The van der Waals surface area contributed by atoms with E-state index in [-0.39, 0.29) is 40.5 Å². The highest BCUT2D eigenvalue weighted by Crippen LogP contribution is 2.36. The van der Waals surface area contributed by atoms with Crippen LogP contribution in [0.1, 0.15) is 32.8 Å². The fourth-order valence-electron chi connectivity index (χ4n) is 2.93. The van der Waals surface area contributed by atoms with Crippen LogP contribution in [0, 0.1) is 17.0 Å². The molecule has 3 rings (SSSR count). The van der Waals surface area contributed by atoms with Gasteiger partial charge < -0.3 is 5.32 Å². The number of rotatable bonds is 3. The molecule has 0 aliphatic heterocycles. The number of anilines is 1. The number of fused-ring (bicyclic) bond motifs is 1. The number of benzene rings is 1. The lowest BCUT2D eigenvalue weighted by Crippen LogP contribution is -2.20. The molecule has 2 aromatic heterocycles. The average Bonchev–Trinajstić information content (AvgIpc) is 2.88. The molecule has 1 amide bonds. The zero-order valence-corrected chi connectivity index (χ0v) is 15.9. The number of carbonyl (C=O) groups excluding carboxylic acids is 1. The van der Waals surface area contributed by atoms with Crippen molar-refractivity contribution in [2.45, 2.75) is 33.4 Å². The maximum atomic E-state index is 14.1. The van der Waals surface area contributed by atoms with Crippen LogP contribution in [0.25, 0.3) is 16.9 Å². The Balaban J connectivity index is 2.14. The number of carbonyl (C=O) groups is 1. The lowest BCUT2D eigenvalue weighted by atomic mass is 9.92. The summed E-state index contributed by atoms with van der Waals surface area (Å²) in [7, 11) is 0. The minimum absolute atomic E-state index is 0.00371. The lowest BCUT2D eigenvalue weighted by molar-refractivity contribution is -0.140. The standard InChI is InChI=1S/C20H18F5N3O/c1-19(2,3)9-16(29)27-18-17(28-10-12(21)5-7-15(28)26-18)11-4-6-13(14(22)8-11)20(23,24)25/h4-8,10H,9H2,1-3H3,(H,27,29). The molecule has 1 N–H and O–H groups in total. The van der Waals surface area contributed by atoms with E-state index < -0.39 is 23.4 Å². The summed E-state index contributed by atoms with van der Waals surface area (Å²) in [5.74, 6) is -2.48. The largest absolute Gasteiger partial charge is 0.419 e. The van der Waals surface area contributed by atoms with Gasteiger partial charge in [-0.25, -0.2) is 13.8 Å². The Kier molecular flexibility index (Phi) is 5.10. The quantitative estimate of drug-likeness (QED) is 0.564. The van der Waals surface area contributed by atoms with Crippen LogP contribution in [0.15, 0.2) is 36.5 Å². The van der Waals surface area contributed by atoms with Crippen LogP contribution in [-0.4, -0.2) is 15.3 Å².